The Balaban J connectivity index is 1.47. The van der Waals surface area contributed by atoms with Crippen LogP contribution in [0.2, 0.25) is 0 Å². The summed E-state index contributed by atoms with van der Waals surface area (Å²) < 4.78 is 47.8. The van der Waals surface area contributed by atoms with Gasteiger partial charge in [-0.05, 0) is 35.4 Å². The first-order chi connectivity index (χ1) is 14.4. The lowest BCUT2D eigenvalue weighted by Gasteiger charge is -2.03. The summed E-state index contributed by atoms with van der Waals surface area (Å²) >= 11 is 1.48. The predicted molar refractivity (Wildman–Crippen MR) is 112 cm³/mol. The molecule has 0 amide bonds. The zero-order chi connectivity index (χ0) is 21.1. The topological polar surface area (TPSA) is 110 Å². The Morgan fingerprint density at radius 1 is 1.07 bits per heavy atom. The SMILES string of the molecule is CCNS(=O)(=O)NCc1nnc(Cc2nc3ccc(-c4cccc(F)c4)cc3s2)o1. The Morgan fingerprint density at radius 3 is 2.67 bits per heavy atom. The zero-order valence-electron chi connectivity index (χ0n) is 15.9. The highest BCUT2D eigenvalue weighted by molar-refractivity contribution is 7.87. The molecule has 2 aromatic carbocycles. The third-order valence-corrected chi connectivity index (χ3v) is 6.36. The van der Waals surface area contributed by atoms with Gasteiger partial charge in [-0.1, -0.05) is 25.1 Å². The van der Waals surface area contributed by atoms with E-state index in [9.17, 15) is 12.8 Å². The van der Waals surface area contributed by atoms with Crippen LogP contribution < -0.4 is 9.44 Å². The van der Waals surface area contributed by atoms with Gasteiger partial charge in [0.1, 0.15) is 10.8 Å². The average molecular weight is 448 g/mol. The summed E-state index contributed by atoms with van der Waals surface area (Å²) in [4.78, 5) is 4.57. The van der Waals surface area contributed by atoms with Crippen LogP contribution in [0.3, 0.4) is 0 Å². The molecule has 2 N–H and O–H groups in total. The number of thiazole rings is 1. The Kier molecular flexibility index (Phi) is 5.86. The molecule has 0 unspecified atom stereocenters. The Morgan fingerprint density at radius 2 is 1.87 bits per heavy atom. The smallest absolute Gasteiger partial charge is 0.277 e. The number of aromatic nitrogens is 3. The number of hydrogen-bond donors (Lipinski definition) is 2. The molecule has 0 atom stereocenters. The van der Waals surface area contributed by atoms with Gasteiger partial charge in [0.2, 0.25) is 11.8 Å². The molecule has 0 aliphatic carbocycles. The standard InChI is InChI=1S/C19H18FN5O3S2/c1-2-21-30(26,27)22-11-18-25-24-17(28-18)10-19-23-15-7-6-13(9-16(15)29-19)12-4-3-5-14(20)8-12/h3-9,21-22H,2,10-11H2,1H3. The molecule has 11 heteroatoms. The van der Waals surface area contributed by atoms with Gasteiger partial charge < -0.3 is 4.42 Å². The van der Waals surface area contributed by atoms with E-state index in [2.05, 4.69) is 24.6 Å². The molecule has 0 fully saturated rings. The van der Waals surface area contributed by atoms with Crippen molar-refractivity contribution in [3.63, 3.8) is 0 Å². The predicted octanol–water partition coefficient (Wildman–Crippen LogP) is 3.02. The minimum Gasteiger partial charge on any atom is -0.423 e. The van der Waals surface area contributed by atoms with Crippen LogP contribution >= 0.6 is 11.3 Å². The Labute approximate surface area is 176 Å². The molecule has 8 nitrogen and oxygen atoms in total. The lowest BCUT2D eigenvalue weighted by atomic mass is 10.1. The third kappa shape index (κ3) is 4.87. The van der Waals surface area contributed by atoms with Gasteiger partial charge in [-0.15, -0.1) is 21.5 Å². The van der Waals surface area contributed by atoms with Crippen molar-refractivity contribution in [3.8, 4) is 11.1 Å². The largest absolute Gasteiger partial charge is 0.423 e. The number of benzene rings is 2. The van der Waals surface area contributed by atoms with Gasteiger partial charge in [0, 0.05) is 6.54 Å². The lowest BCUT2D eigenvalue weighted by molar-refractivity contribution is 0.450. The van der Waals surface area contributed by atoms with Crippen LogP contribution in [0.25, 0.3) is 21.3 Å². The van der Waals surface area contributed by atoms with E-state index in [0.717, 1.165) is 26.4 Å². The molecule has 30 heavy (non-hydrogen) atoms. The fraction of sp³-hybridized carbons (Fsp3) is 0.211. The molecular weight excluding hydrogens is 429 g/mol. The number of hydrogen-bond acceptors (Lipinski definition) is 7. The number of halogens is 1. The van der Waals surface area contributed by atoms with Crippen molar-refractivity contribution < 1.29 is 17.2 Å². The second kappa shape index (κ2) is 8.56. The van der Waals surface area contributed by atoms with Crippen LogP contribution in [0.1, 0.15) is 23.7 Å². The molecule has 0 aliphatic rings. The first-order valence-electron chi connectivity index (χ1n) is 9.13. The van der Waals surface area contributed by atoms with Gasteiger partial charge in [0.15, 0.2) is 0 Å². The lowest BCUT2D eigenvalue weighted by Crippen LogP contribution is -2.35. The maximum atomic E-state index is 13.5. The highest BCUT2D eigenvalue weighted by Crippen LogP contribution is 2.29. The Bertz CT molecular complexity index is 1290. The van der Waals surface area contributed by atoms with Crippen LogP contribution in [0, 0.1) is 5.82 Å². The molecule has 0 aliphatic heterocycles. The molecule has 0 radical (unpaired) electrons. The highest BCUT2D eigenvalue weighted by Gasteiger charge is 2.14. The number of rotatable bonds is 8. The summed E-state index contributed by atoms with van der Waals surface area (Å²) in [7, 11) is -3.59. The molecule has 4 aromatic rings. The Hall–Kier alpha value is -2.73. The number of fused-ring (bicyclic) bond motifs is 1. The first-order valence-corrected chi connectivity index (χ1v) is 11.4. The molecule has 0 saturated carbocycles. The molecular formula is C19H18FN5O3S2. The molecule has 4 rings (SSSR count). The van der Waals surface area contributed by atoms with E-state index in [1.165, 1.54) is 23.5 Å². The van der Waals surface area contributed by atoms with Crippen molar-refractivity contribution in [2.24, 2.45) is 0 Å². The minimum atomic E-state index is -3.59. The van der Waals surface area contributed by atoms with E-state index in [1.807, 2.05) is 24.3 Å². The summed E-state index contributed by atoms with van der Waals surface area (Å²) in [5, 5.41) is 8.60. The van der Waals surface area contributed by atoms with Crippen LogP contribution in [0.5, 0.6) is 0 Å². The second-order valence-corrected chi connectivity index (χ2v) is 9.09. The minimum absolute atomic E-state index is 0.0980. The molecule has 0 bridgehead atoms. The van der Waals surface area contributed by atoms with Gasteiger partial charge in [0.05, 0.1) is 23.2 Å². The molecule has 2 aromatic heterocycles. The molecule has 156 valence electrons. The van der Waals surface area contributed by atoms with Crippen LogP contribution in [0.15, 0.2) is 46.9 Å². The van der Waals surface area contributed by atoms with Crippen molar-refractivity contribution in [2.45, 2.75) is 19.9 Å². The van der Waals surface area contributed by atoms with E-state index in [1.54, 1.807) is 13.0 Å². The van der Waals surface area contributed by atoms with E-state index < -0.39 is 10.2 Å². The summed E-state index contributed by atoms with van der Waals surface area (Å²) in [5.41, 5.74) is 2.53. The fourth-order valence-electron chi connectivity index (χ4n) is 2.85. The zero-order valence-corrected chi connectivity index (χ0v) is 17.6. The van der Waals surface area contributed by atoms with Crippen molar-refractivity contribution in [1.29, 1.82) is 0 Å². The fourth-order valence-corrected chi connectivity index (χ4v) is 4.65. The van der Waals surface area contributed by atoms with Crippen molar-refractivity contribution in [2.75, 3.05) is 6.54 Å². The molecule has 0 spiro atoms. The van der Waals surface area contributed by atoms with Crippen LogP contribution in [-0.2, 0) is 23.2 Å². The van der Waals surface area contributed by atoms with Crippen molar-refractivity contribution in [1.82, 2.24) is 24.6 Å². The van der Waals surface area contributed by atoms with Gasteiger partial charge in [-0.3, -0.25) is 0 Å². The first kappa shape index (κ1) is 20.5. The van der Waals surface area contributed by atoms with E-state index in [0.29, 0.717) is 12.3 Å². The van der Waals surface area contributed by atoms with Gasteiger partial charge in [-0.25, -0.2) is 14.1 Å². The average Bonchev–Trinajstić information content (AvgIpc) is 3.32. The highest BCUT2D eigenvalue weighted by atomic mass is 32.2. The maximum absolute atomic E-state index is 13.5. The second-order valence-electron chi connectivity index (χ2n) is 6.39. The summed E-state index contributed by atoms with van der Waals surface area (Å²) in [6, 6.07) is 12.2. The van der Waals surface area contributed by atoms with E-state index in [-0.39, 0.29) is 24.8 Å². The van der Waals surface area contributed by atoms with Crippen LogP contribution in [0.4, 0.5) is 4.39 Å². The quantitative estimate of drug-likeness (QED) is 0.430. The molecule has 2 heterocycles. The monoisotopic (exact) mass is 447 g/mol. The van der Waals surface area contributed by atoms with Gasteiger partial charge in [-0.2, -0.15) is 13.1 Å². The van der Waals surface area contributed by atoms with Crippen LogP contribution in [-0.4, -0.2) is 30.1 Å². The number of nitrogens with one attached hydrogen (secondary N) is 2. The summed E-state index contributed by atoms with van der Waals surface area (Å²) in [6.07, 6.45) is 0.335. The van der Waals surface area contributed by atoms with E-state index in [4.69, 9.17) is 4.42 Å². The summed E-state index contributed by atoms with van der Waals surface area (Å²) in [5.74, 6) is 0.232. The van der Waals surface area contributed by atoms with Crippen molar-refractivity contribution >= 4 is 31.8 Å². The molecule has 0 saturated heterocycles. The van der Waals surface area contributed by atoms with Gasteiger partial charge in [0.25, 0.3) is 10.2 Å². The number of nitrogens with zero attached hydrogens (tertiary/aromatic N) is 3. The maximum Gasteiger partial charge on any atom is 0.277 e. The summed E-state index contributed by atoms with van der Waals surface area (Å²) in [6.45, 7) is 1.87. The van der Waals surface area contributed by atoms with Gasteiger partial charge >= 0.3 is 0 Å². The third-order valence-electron chi connectivity index (χ3n) is 4.15. The normalized spacial score (nSPS) is 11.9. The van der Waals surface area contributed by atoms with E-state index >= 15 is 0 Å². The van der Waals surface area contributed by atoms with Crippen molar-refractivity contribution in [3.05, 3.63) is 65.1 Å².